The summed E-state index contributed by atoms with van der Waals surface area (Å²) in [6.45, 7) is 11.6. The Morgan fingerprint density at radius 2 is 1.92 bits per heavy atom. The number of rotatable bonds is 7. The molecule has 0 aliphatic carbocycles. The second-order valence-corrected chi connectivity index (χ2v) is 6.33. The van der Waals surface area contributed by atoms with Crippen molar-refractivity contribution in [1.29, 1.82) is 0 Å². The maximum absolute atomic E-state index is 4.63. The molecule has 0 saturated heterocycles. The molecule has 0 radical (unpaired) electrons. The highest BCUT2D eigenvalue weighted by atomic mass is 15.3. The van der Waals surface area contributed by atoms with Gasteiger partial charge in [0.2, 0.25) is 0 Å². The first kappa shape index (κ1) is 18.0. The maximum atomic E-state index is 4.63. The normalized spacial score (nSPS) is 12.2. The monoisotopic (exact) mass is 328 g/mol. The molecule has 0 unspecified atom stereocenters. The van der Waals surface area contributed by atoms with Crippen LogP contribution < -0.4 is 10.6 Å². The Morgan fingerprint density at radius 1 is 1.17 bits per heavy atom. The Hall–Kier alpha value is -2.37. The van der Waals surface area contributed by atoms with Gasteiger partial charge in [-0.15, -0.1) is 10.2 Å². The van der Waals surface area contributed by atoms with Crippen LogP contribution in [0.3, 0.4) is 0 Å². The number of aryl methyl sites for hydroxylation is 1. The first-order valence-electron chi connectivity index (χ1n) is 8.51. The Morgan fingerprint density at radius 3 is 2.58 bits per heavy atom. The molecule has 0 atom stereocenters. The lowest BCUT2D eigenvalue weighted by molar-refractivity contribution is 0.508. The highest BCUT2D eigenvalue weighted by Crippen LogP contribution is 2.21. The van der Waals surface area contributed by atoms with Crippen LogP contribution in [0.4, 0.5) is 0 Å². The van der Waals surface area contributed by atoms with Crippen molar-refractivity contribution in [3.63, 3.8) is 0 Å². The summed E-state index contributed by atoms with van der Waals surface area (Å²) < 4.78 is 2.00. The second kappa shape index (κ2) is 8.47. The number of hydrogen-bond donors (Lipinski definition) is 2. The second-order valence-electron chi connectivity index (χ2n) is 6.33. The van der Waals surface area contributed by atoms with Gasteiger partial charge in [0.25, 0.3) is 0 Å². The van der Waals surface area contributed by atoms with Gasteiger partial charge in [0, 0.05) is 25.0 Å². The molecule has 2 rings (SSSR count). The van der Waals surface area contributed by atoms with Crippen molar-refractivity contribution in [3.8, 4) is 0 Å². The number of guanidine groups is 1. The predicted molar refractivity (Wildman–Crippen MR) is 98.0 cm³/mol. The molecule has 1 heterocycles. The Balaban J connectivity index is 2.01. The lowest BCUT2D eigenvalue weighted by atomic mass is 9.85. The Bertz CT molecular complexity index is 645. The fourth-order valence-electron chi connectivity index (χ4n) is 2.45. The van der Waals surface area contributed by atoms with Gasteiger partial charge in [0.1, 0.15) is 12.9 Å². The largest absolute Gasteiger partial charge is 0.357 e. The average molecular weight is 328 g/mol. The molecule has 130 valence electrons. The van der Waals surface area contributed by atoms with E-state index in [0.717, 1.165) is 31.4 Å². The minimum absolute atomic E-state index is 0.0148. The summed E-state index contributed by atoms with van der Waals surface area (Å²) in [5.41, 5.74) is 1.32. The maximum Gasteiger partial charge on any atom is 0.191 e. The molecule has 1 aromatic carbocycles. The van der Waals surface area contributed by atoms with E-state index in [1.807, 2.05) is 10.6 Å². The lowest BCUT2D eigenvalue weighted by Crippen LogP contribution is -2.43. The Labute approximate surface area is 144 Å². The molecule has 0 amide bonds. The van der Waals surface area contributed by atoms with E-state index in [-0.39, 0.29) is 5.41 Å². The van der Waals surface area contributed by atoms with E-state index in [4.69, 9.17) is 0 Å². The first-order valence-corrected chi connectivity index (χ1v) is 8.51. The van der Waals surface area contributed by atoms with Crippen LogP contribution in [0, 0.1) is 0 Å². The van der Waals surface area contributed by atoms with Crippen molar-refractivity contribution in [2.75, 3.05) is 13.1 Å². The van der Waals surface area contributed by atoms with Gasteiger partial charge in [-0.3, -0.25) is 0 Å². The molecule has 0 spiro atoms. The predicted octanol–water partition coefficient (Wildman–Crippen LogP) is 2.33. The van der Waals surface area contributed by atoms with Crippen molar-refractivity contribution >= 4 is 5.96 Å². The summed E-state index contributed by atoms with van der Waals surface area (Å²) in [6.07, 6.45) is 1.74. The van der Waals surface area contributed by atoms with Crippen LogP contribution in [0.1, 0.15) is 39.1 Å². The summed E-state index contributed by atoms with van der Waals surface area (Å²) >= 11 is 0. The minimum atomic E-state index is 0.0148. The fourth-order valence-corrected chi connectivity index (χ4v) is 2.45. The van der Waals surface area contributed by atoms with Crippen LogP contribution in [0.2, 0.25) is 0 Å². The van der Waals surface area contributed by atoms with Gasteiger partial charge >= 0.3 is 0 Å². The van der Waals surface area contributed by atoms with Crippen molar-refractivity contribution < 1.29 is 0 Å². The molecule has 0 fully saturated rings. The van der Waals surface area contributed by atoms with Crippen molar-refractivity contribution in [2.45, 2.75) is 46.2 Å². The third-order valence-corrected chi connectivity index (χ3v) is 4.01. The van der Waals surface area contributed by atoms with Crippen molar-refractivity contribution in [2.24, 2.45) is 4.99 Å². The molecule has 24 heavy (non-hydrogen) atoms. The molecule has 6 heteroatoms. The number of nitrogens with zero attached hydrogens (tertiary/aromatic N) is 4. The lowest BCUT2D eigenvalue weighted by Gasteiger charge is -2.26. The molecular formula is C18H28N6. The van der Waals surface area contributed by atoms with Gasteiger partial charge < -0.3 is 15.2 Å². The van der Waals surface area contributed by atoms with Crippen LogP contribution in [-0.4, -0.2) is 33.8 Å². The molecule has 0 aliphatic rings. The smallest absolute Gasteiger partial charge is 0.191 e. The van der Waals surface area contributed by atoms with Gasteiger partial charge in [-0.05, 0) is 19.4 Å². The minimum Gasteiger partial charge on any atom is -0.357 e. The van der Waals surface area contributed by atoms with E-state index in [1.165, 1.54) is 5.56 Å². The quantitative estimate of drug-likeness (QED) is 0.605. The zero-order valence-electron chi connectivity index (χ0n) is 15.1. The van der Waals surface area contributed by atoms with Crippen LogP contribution >= 0.6 is 0 Å². The summed E-state index contributed by atoms with van der Waals surface area (Å²) in [5.74, 6) is 1.67. The number of nitrogens with one attached hydrogen (secondary N) is 2. The summed E-state index contributed by atoms with van der Waals surface area (Å²) in [4.78, 5) is 4.63. The Kier molecular flexibility index (Phi) is 6.35. The topological polar surface area (TPSA) is 67.1 Å². The molecule has 0 aliphatic heterocycles. The molecule has 0 bridgehead atoms. The standard InChI is InChI=1S/C18H28N6/c1-5-19-17(20-12-16-23-22-14-24(16)6-2)21-13-18(3,4)15-10-8-7-9-11-15/h7-11,14H,5-6,12-13H2,1-4H3,(H2,19,20,21). The summed E-state index contributed by atoms with van der Waals surface area (Å²) in [6, 6.07) is 10.5. The zero-order valence-corrected chi connectivity index (χ0v) is 15.1. The van der Waals surface area contributed by atoms with Gasteiger partial charge in [0.15, 0.2) is 11.8 Å². The van der Waals surface area contributed by atoms with E-state index in [0.29, 0.717) is 6.54 Å². The number of aliphatic imine (C=N–C) groups is 1. The van der Waals surface area contributed by atoms with E-state index in [2.05, 4.69) is 77.8 Å². The first-order chi connectivity index (χ1) is 11.6. The number of hydrogen-bond acceptors (Lipinski definition) is 3. The van der Waals surface area contributed by atoms with E-state index in [1.54, 1.807) is 6.33 Å². The van der Waals surface area contributed by atoms with Crippen LogP contribution in [0.25, 0.3) is 0 Å². The third-order valence-electron chi connectivity index (χ3n) is 4.01. The van der Waals surface area contributed by atoms with Crippen LogP contribution in [0.5, 0.6) is 0 Å². The van der Waals surface area contributed by atoms with Crippen LogP contribution in [-0.2, 0) is 18.5 Å². The molecule has 0 saturated carbocycles. The van der Waals surface area contributed by atoms with Crippen molar-refractivity contribution in [1.82, 2.24) is 25.4 Å². The molecule has 2 aromatic rings. The average Bonchev–Trinajstić information content (AvgIpc) is 3.06. The third kappa shape index (κ3) is 4.81. The fraction of sp³-hybridized carbons (Fsp3) is 0.500. The summed E-state index contributed by atoms with van der Waals surface area (Å²) in [7, 11) is 0. The summed E-state index contributed by atoms with van der Waals surface area (Å²) in [5, 5.41) is 14.8. The van der Waals surface area contributed by atoms with Gasteiger partial charge in [0.05, 0.1) is 0 Å². The molecular weight excluding hydrogens is 300 g/mol. The SMILES string of the molecule is CCNC(=NCc1nncn1CC)NCC(C)(C)c1ccccc1. The van der Waals surface area contributed by atoms with E-state index >= 15 is 0 Å². The molecule has 6 nitrogen and oxygen atoms in total. The molecule has 2 N–H and O–H groups in total. The van der Waals surface area contributed by atoms with Gasteiger partial charge in [-0.2, -0.15) is 0 Å². The molecule has 1 aromatic heterocycles. The van der Waals surface area contributed by atoms with Gasteiger partial charge in [-0.1, -0.05) is 44.2 Å². The highest BCUT2D eigenvalue weighted by molar-refractivity contribution is 5.79. The number of benzene rings is 1. The van der Waals surface area contributed by atoms with Crippen molar-refractivity contribution in [3.05, 3.63) is 48.0 Å². The highest BCUT2D eigenvalue weighted by Gasteiger charge is 2.20. The van der Waals surface area contributed by atoms with E-state index in [9.17, 15) is 0 Å². The number of aromatic nitrogens is 3. The van der Waals surface area contributed by atoms with E-state index < -0.39 is 0 Å². The van der Waals surface area contributed by atoms with Gasteiger partial charge in [-0.25, -0.2) is 4.99 Å². The zero-order chi connectivity index (χ0) is 17.4. The van der Waals surface area contributed by atoms with Crippen LogP contribution in [0.15, 0.2) is 41.7 Å².